The highest BCUT2D eigenvalue weighted by molar-refractivity contribution is 7.09. The Labute approximate surface area is 115 Å². The van der Waals surface area contributed by atoms with Crippen molar-refractivity contribution in [3.05, 3.63) is 51.2 Å². The largest absolute Gasteiger partial charge is 0.310 e. The lowest BCUT2D eigenvalue weighted by atomic mass is 10.0. The number of hydrogen-bond donors (Lipinski definition) is 1. The van der Waals surface area contributed by atoms with Gasteiger partial charge in [-0.3, -0.25) is 4.98 Å². The number of nitrogens with zero attached hydrogens (tertiary/aromatic N) is 1. The molecule has 0 saturated heterocycles. The van der Waals surface area contributed by atoms with Crippen LogP contribution in [0.4, 0.5) is 4.39 Å². The second-order valence-corrected chi connectivity index (χ2v) is 5.36. The van der Waals surface area contributed by atoms with Gasteiger partial charge in [0.05, 0.1) is 5.51 Å². The molecule has 1 aromatic heterocycles. The number of rotatable bonds is 5. The summed E-state index contributed by atoms with van der Waals surface area (Å²) in [7, 11) is 0. The van der Waals surface area contributed by atoms with E-state index in [9.17, 15) is 4.39 Å². The van der Waals surface area contributed by atoms with Crippen LogP contribution in [0.1, 0.15) is 23.4 Å². The SMILES string of the molecule is CCNC(Cc1cncs1)c1cc(Cl)ccc1F. The maximum Gasteiger partial charge on any atom is 0.128 e. The molecule has 1 atom stereocenters. The molecule has 0 fully saturated rings. The summed E-state index contributed by atoms with van der Waals surface area (Å²) in [5.74, 6) is -0.227. The number of thiazole rings is 1. The van der Waals surface area contributed by atoms with Crippen LogP contribution in [0.3, 0.4) is 0 Å². The maximum atomic E-state index is 13.9. The molecule has 0 amide bonds. The standard InChI is InChI=1S/C13H14ClFN2S/c1-2-17-13(6-10-7-16-8-18-10)11-5-9(14)3-4-12(11)15/h3-5,7-8,13,17H,2,6H2,1H3. The number of benzene rings is 1. The number of hydrogen-bond acceptors (Lipinski definition) is 3. The molecule has 2 aromatic rings. The van der Waals surface area contributed by atoms with E-state index in [1.54, 1.807) is 29.0 Å². The van der Waals surface area contributed by atoms with Gasteiger partial charge in [0.2, 0.25) is 0 Å². The molecule has 0 aliphatic rings. The van der Waals surface area contributed by atoms with Crippen LogP contribution in [0.2, 0.25) is 5.02 Å². The topological polar surface area (TPSA) is 24.9 Å². The second kappa shape index (κ2) is 6.27. The maximum absolute atomic E-state index is 13.9. The Kier molecular flexibility index (Phi) is 4.69. The zero-order valence-corrected chi connectivity index (χ0v) is 11.6. The van der Waals surface area contributed by atoms with Crippen LogP contribution in [0, 0.1) is 5.82 Å². The van der Waals surface area contributed by atoms with Gasteiger partial charge in [-0.2, -0.15) is 0 Å². The lowest BCUT2D eigenvalue weighted by molar-refractivity contribution is 0.512. The Hall–Kier alpha value is -0.970. The first-order chi connectivity index (χ1) is 8.70. The summed E-state index contributed by atoms with van der Waals surface area (Å²) in [5, 5.41) is 3.84. The highest BCUT2D eigenvalue weighted by atomic mass is 35.5. The Balaban J connectivity index is 2.26. The van der Waals surface area contributed by atoms with Crippen molar-refractivity contribution < 1.29 is 4.39 Å². The summed E-state index contributed by atoms with van der Waals surface area (Å²) < 4.78 is 13.9. The summed E-state index contributed by atoms with van der Waals surface area (Å²) in [4.78, 5) is 5.17. The van der Waals surface area contributed by atoms with Crippen LogP contribution in [0.15, 0.2) is 29.9 Å². The fourth-order valence-corrected chi connectivity index (χ4v) is 2.69. The molecule has 5 heteroatoms. The van der Waals surface area contributed by atoms with Crippen LogP contribution in [0.5, 0.6) is 0 Å². The Morgan fingerprint density at radius 1 is 1.50 bits per heavy atom. The van der Waals surface area contributed by atoms with E-state index in [1.807, 2.05) is 13.1 Å². The molecule has 18 heavy (non-hydrogen) atoms. The van der Waals surface area contributed by atoms with E-state index < -0.39 is 0 Å². The predicted octanol–water partition coefficient (Wildman–Crippen LogP) is 3.83. The van der Waals surface area contributed by atoms with Gasteiger partial charge in [0.1, 0.15) is 5.82 Å². The Bertz CT molecular complexity index is 502. The zero-order chi connectivity index (χ0) is 13.0. The third-order valence-electron chi connectivity index (χ3n) is 2.67. The fourth-order valence-electron chi connectivity index (χ4n) is 1.86. The fraction of sp³-hybridized carbons (Fsp3) is 0.308. The lowest BCUT2D eigenvalue weighted by Crippen LogP contribution is -2.23. The predicted molar refractivity (Wildman–Crippen MR) is 73.6 cm³/mol. The van der Waals surface area contributed by atoms with Crippen molar-refractivity contribution in [1.82, 2.24) is 10.3 Å². The van der Waals surface area contributed by atoms with Crippen molar-refractivity contribution in [3.8, 4) is 0 Å². The molecule has 0 aliphatic carbocycles. The summed E-state index contributed by atoms with van der Waals surface area (Å²) in [6, 6.07) is 4.59. The first-order valence-corrected chi connectivity index (χ1v) is 7.02. The van der Waals surface area contributed by atoms with Crippen molar-refractivity contribution in [2.45, 2.75) is 19.4 Å². The van der Waals surface area contributed by atoms with Gasteiger partial charge in [-0.1, -0.05) is 18.5 Å². The third-order valence-corrected chi connectivity index (χ3v) is 3.71. The molecular weight excluding hydrogens is 271 g/mol. The molecule has 0 radical (unpaired) electrons. The number of halogens is 2. The van der Waals surface area contributed by atoms with Gasteiger partial charge in [-0.25, -0.2) is 4.39 Å². The Morgan fingerprint density at radius 3 is 3.00 bits per heavy atom. The molecule has 1 N–H and O–H groups in total. The average molecular weight is 285 g/mol. The van der Waals surface area contributed by atoms with Gasteiger partial charge < -0.3 is 5.32 Å². The van der Waals surface area contributed by atoms with E-state index in [2.05, 4.69) is 10.3 Å². The summed E-state index contributed by atoms with van der Waals surface area (Å²) in [6.07, 6.45) is 2.53. The minimum atomic E-state index is -0.227. The lowest BCUT2D eigenvalue weighted by Gasteiger charge is -2.18. The summed E-state index contributed by atoms with van der Waals surface area (Å²) in [5.41, 5.74) is 2.39. The molecule has 1 unspecified atom stereocenters. The van der Waals surface area contributed by atoms with Gasteiger partial charge >= 0.3 is 0 Å². The van der Waals surface area contributed by atoms with Gasteiger partial charge in [0, 0.05) is 34.1 Å². The molecule has 0 spiro atoms. The Morgan fingerprint density at radius 2 is 2.33 bits per heavy atom. The van der Waals surface area contributed by atoms with Crippen molar-refractivity contribution in [2.75, 3.05) is 6.54 Å². The molecule has 0 saturated carbocycles. The minimum Gasteiger partial charge on any atom is -0.310 e. The molecular formula is C13H14ClFN2S. The van der Waals surface area contributed by atoms with Crippen molar-refractivity contribution in [1.29, 1.82) is 0 Å². The normalized spacial score (nSPS) is 12.6. The second-order valence-electron chi connectivity index (χ2n) is 3.95. The molecule has 0 bridgehead atoms. The molecule has 2 rings (SSSR count). The number of aromatic nitrogens is 1. The van der Waals surface area contributed by atoms with E-state index in [1.165, 1.54) is 6.07 Å². The van der Waals surface area contributed by atoms with E-state index in [0.29, 0.717) is 10.6 Å². The van der Waals surface area contributed by atoms with Crippen LogP contribution in [-0.4, -0.2) is 11.5 Å². The van der Waals surface area contributed by atoms with Crippen LogP contribution in [0.25, 0.3) is 0 Å². The number of nitrogens with one attached hydrogen (secondary N) is 1. The highest BCUT2D eigenvalue weighted by Gasteiger charge is 2.16. The van der Waals surface area contributed by atoms with Gasteiger partial charge in [-0.05, 0) is 24.7 Å². The van der Waals surface area contributed by atoms with Crippen molar-refractivity contribution in [3.63, 3.8) is 0 Å². The van der Waals surface area contributed by atoms with E-state index in [4.69, 9.17) is 11.6 Å². The van der Waals surface area contributed by atoms with Crippen molar-refractivity contribution in [2.24, 2.45) is 0 Å². The molecule has 0 aliphatic heterocycles. The first-order valence-electron chi connectivity index (χ1n) is 5.76. The van der Waals surface area contributed by atoms with Crippen molar-refractivity contribution >= 4 is 22.9 Å². The van der Waals surface area contributed by atoms with Gasteiger partial charge in [0.15, 0.2) is 0 Å². The molecule has 96 valence electrons. The molecule has 1 aromatic carbocycles. The van der Waals surface area contributed by atoms with Crippen LogP contribution >= 0.6 is 22.9 Å². The van der Waals surface area contributed by atoms with Gasteiger partial charge in [0.25, 0.3) is 0 Å². The van der Waals surface area contributed by atoms with E-state index >= 15 is 0 Å². The van der Waals surface area contributed by atoms with Gasteiger partial charge in [-0.15, -0.1) is 11.3 Å². The quantitative estimate of drug-likeness (QED) is 0.903. The first kappa shape index (κ1) is 13.5. The highest BCUT2D eigenvalue weighted by Crippen LogP contribution is 2.25. The number of likely N-dealkylation sites (N-methyl/N-ethyl adjacent to an activating group) is 1. The molecule has 1 heterocycles. The minimum absolute atomic E-state index is 0.0749. The summed E-state index contributed by atoms with van der Waals surface area (Å²) >= 11 is 7.51. The summed E-state index contributed by atoms with van der Waals surface area (Å²) in [6.45, 7) is 2.78. The van der Waals surface area contributed by atoms with Crippen LogP contribution in [-0.2, 0) is 6.42 Å². The van der Waals surface area contributed by atoms with Crippen LogP contribution < -0.4 is 5.32 Å². The third kappa shape index (κ3) is 3.28. The zero-order valence-electron chi connectivity index (χ0n) is 9.99. The van der Waals surface area contributed by atoms with E-state index in [-0.39, 0.29) is 11.9 Å². The smallest absolute Gasteiger partial charge is 0.128 e. The average Bonchev–Trinajstić information content (AvgIpc) is 2.85. The van der Waals surface area contributed by atoms with E-state index in [0.717, 1.165) is 17.8 Å². The molecule has 2 nitrogen and oxygen atoms in total. The monoisotopic (exact) mass is 284 g/mol.